The molecule has 0 aliphatic rings. The Bertz CT molecular complexity index is 490. The van der Waals surface area contributed by atoms with Crippen LogP contribution < -0.4 is 0 Å². The molecule has 0 saturated heterocycles. The minimum absolute atomic E-state index is 0.406. The summed E-state index contributed by atoms with van der Waals surface area (Å²) in [6.07, 6.45) is 3.30. The standard InChI is InChI=1S/C10H11N3O2/c1-12(2)15-10(14)8-6-9-4-3-5-13(9)11-7-8/h3-7H,1-2H3. The third kappa shape index (κ3) is 1.97. The van der Waals surface area contributed by atoms with Gasteiger partial charge in [0.05, 0.1) is 17.3 Å². The van der Waals surface area contributed by atoms with Crippen LogP contribution in [0.3, 0.4) is 0 Å². The minimum Gasteiger partial charge on any atom is -0.364 e. The van der Waals surface area contributed by atoms with Crippen LogP contribution >= 0.6 is 0 Å². The van der Waals surface area contributed by atoms with E-state index < -0.39 is 5.97 Å². The lowest BCUT2D eigenvalue weighted by molar-refractivity contribution is -0.0713. The molecule has 78 valence electrons. The van der Waals surface area contributed by atoms with Crippen molar-refractivity contribution in [3.63, 3.8) is 0 Å². The lowest BCUT2D eigenvalue weighted by Crippen LogP contribution is -2.18. The van der Waals surface area contributed by atoms with Crippen molar-refractivity contribution in [1.29, 1.82) is 0 Å². The largest absolute Gasteiger partial charge is 0.364 e. The molecule has 0 saturated carbocycles. The van der Waals surface area contributed by atoms with Gasteiger partial charge in [-0.2, -0.15) is 5.10 Å². The zero-order valence-electron chi connectivity index (χ0n) is 8.54. The molecule has 0 radical (unpaired) electrons. The Kier molecular flexibility index (Phi) is 2.39. The van der Waals surface area contributed by atoms with E-state index in [1.807, 2.05) is 18.3 Å². The molecule has 2 heterocycles. The average Bonchev–Trinajstić information content (AvgIpc) is 2.62. The fourth-order valence-corrected chi connectivity index (χ4v) is 1.26. The SMILES string of the molecule is CN(C)OC(=O)c1cnn2cccc2c1. The van der Waals surface area contributed by atoms with Crippen LogP contribution in [0.1, 0.15) is 10.4 Å². The highest BCUT2D eigenvalue weighted by Crippen LogP contribution is 2.07. The van der Waals surface area contributed by atoms with Crippen molar-refractivity contribution in [2.75, 3.05) is 14.1 Å². The molecule has 0 unspecified atom stereocenters. The van der Waals surface area contributed by atoms with Crippen LogP contribution in [-0.2, 0) is 4.84 Å². The van der Waals surface area contributed by atoms with Gasteiger partial charge >= 0.3 is 5.97 Å². The molecule has 0 aliphatic heterocycles. The molecule has 0 N–H and O–H groups in total. The summed E-state index contributed by atoms with van der Waals surface area (Å²) < 4.78 is 1.69. The average molecular weight is 205 g/mol. The maximum atomic E-state index is 11.5. The highest BCUT2D eigenvalue weighted by Gasteiger charge is 2.09. The van der Waals surface area contributed by atoms with E-state index in [1.54, 1.807) is 24.7 Å². The van der Waals surface area contributed by atoms with Crippen molar-refractivity contribution in [1.82, 2.24) is 14.7 Å². The molecule has 0 spiro atoms. The number of rotatable bonds is 2. The molecule has 0 aliphatic carbocycles. The Morgan fingerprint density at radius 2 is 2.33 bits per heavy atom. The topological polar surface area (TPSA) is 46.8 Å². The molecule has 0 fully saturated rings. The number of fused-ring (bicyclic) bond motifs is 1. The number of nitrogens with zero attached hydrogens (tertiary/aromatic N) is 3. The number of carbonyl (C=O) groups excluding carboxylic acids is 1. The zero-order chi connectivity index (χ0) is 10.8. The molecule has 2 aromatic rings. The van der Waals surface area contributed by atoms with E-state index in [9.17, 15) is 4.79 Å². The highest BCUT2D eigenvalue weighted by molar-refractivity contribution is 5.90. The van der Waals surface area contributed by atoms with Gasteiger partial charge in [-0.15, -0.1) is 5.06 Å². The Hall–Kier alpha value is -1.88. The fourth-order valence-electron chi connectivity index (χ4n) is 1.26. The third-order valence-corrected chi connectivity index (χ3v) is 1.88. The summed E-state index contributed by atoms with van der Waals surface area (Å²) in [4.78, 5) is 16.4. The first-order valence-corrected chi connectivity index (χ1v) is 4.50. The predicted molar refractivity (Wildman–Crippen MR) is 54.3 cm³/mol. The van der Waals surface area contributed by atoms with Crippen molar-refractivity contribution in [2.24, 2.45) is 0 Å². The van der Waals surface area contributed by atoms with Crippen molar-refractivity contribution in [2.45, 2.75) is 0 Å². The molecule has 5 nitrogen and oxygen atoms in total. The summed E-state index contributed by atoms with van der Waals surface area (Å²) >= 11 is 0. The van der Waals surface area contributed by atoms with Crippen LogP contribution in [-0.4, -0.2) is 34.7 Å². The van der Waals surface area contributed by atoms with Gasteiger partial charge in [0.1, 0.15) is 0 Å². The number of aromatic nitrogens is 2. The monoisotopic (exact) mass is 205 g/mol. The number of carbonyl (C=O) groups is 1. The summed E-state index contributed by atoms with van der Waals surface area (Å²) in [7, 11) is 3.31. The Morgan fingerprint density at radius 1 is 1.53 bits per heavy atom. The Balaban J connectivity index is 2.31. The lowest BCUT2D eigenvalue weighted by Gasteiger charge is -2.09. The quantitative estimate of drug-likeness (QED) is 0.685. The van der Waals surface area contributed by atoms with E-state index in [-0.39, 0.29) is 0 Å². The van der Waals surface area contributed by atoms with Gasteiger partial charge in [-0.3, -0.25) is 0 Å². The summed E-state index contributed by atoms with van der Waals surface area (Å²) in [6.45, 7) is 0. The maximum absolute atomic E-state index is 11.5. The molecule has 0 atom stereocenters. The van der Waals surface area contributed by atoms with Crippen molar-refractivity contribution < 1.29 is 9.63 Å². The minimum atomic E-state index is -0.406. The molecule has 0 aromatic carbocycles. The predicted octanol–water partition coefficient (Wildman–Crippen LogP) is 0.968. The smallest absolute Gasteiger partial charge is 0.358 e. The highest BCUT2D eigenvalue weighted by atomic mass is 16.7. The second kappa shape index (κ2) is 3.70. The Morgan fingerprint density at radius 3 is 3.07 bits per heavy atom. The first-order chi connectivity index (χ1) is 7.16. The van der Waals surface area contributed by atoms with Gasteiger partial charge in [0.2, 0.25) is 0 Å². The lowest BCUT2D eigenvalue weighted by atomic mass is 10.3. The van der Waals surface area contributed by atoms with Gasteiger partial charge in [-0.25, -0.2) is 9.31 Å². The van der Waals surface area contributed by atoms with Crippen molar-refractivity contribution in [3.05, 3.63) is 36.2 Å². The van der Waals surface area contributed by atoms with Gasteiger partial charge in [0, 0.05) is 20.3 Å². The maximum Gasteiger partial charge on any atom is 0.358 e. The van der Waals surface area contributed by atoms with Gasteiger partial charge in [0.15, 0.2) is 0 Å². The normalized spacial score (nSPS) is 10.9. The summed E-state index contributed by atoms with van der Waals surface area (Å²) in [5.41, 5.74) is 1.30. The van der Waals surface area contributed by atoms with E-state index >= 15 is 0 Å². The van der Waals surface area contributed by atoms with Crippen LogP contribution in [0.2, 0.25) is 0 Å². The summed E-state index contributed by atoms with van der Waals surface area (Å²) in [5, 5.41) is 5.42. The van der Waals surface area contributed by atoms with Crippen LogP contribution in [0.5, 0.6) is 0 Å². The number of hydrogen-bond acceptors (Lipinski definition) is 4. The number of hydrogen-bond donors (Lipinski definition) is 0. The van der Waals surface area contributed by atoms with E-state index in [4.69, 9.17) is 4.84 Å². The Labute approximate surface area is 86.8 Å². The van der Waals surface area contributed by atoms with E-state index in [1.165, 1.54) is 11.3 Å². The van der Waals surface area contributed by atoms with Gasteiger partial charge in [-0.1, -0.05) is 0 Å². The van der Waals surface area contributed by atoms with E-state index in [0.29, 0.717) is 5.56 Å². The zero-order valence-corrected chi connectivity index (χ0v) is 8.54. The van der Waals surface area contributed by atoms with Crippen LogP contribution in [0, 0.1) is 0 Å². The molecule has 5 heteroatoms. The van der Waals surface area contributed by atoms with Crippen molar-refractivity contribution in [3.8, 4) is 0 Å². The van der Waals surface area contributed by atoms with Gasteiger partial charge in [-0.05, 0) is 18.2 Å². The number of hydroxylamine groups is 2. The van der Waals surface area contributed by atoms with Crippen LogP contribution in [0.25, 0.3) is 5.52 Å². The van der Waals surface area contributed by atoms with E-state index in [2.05, 4.69) is 5.10 Å². The summed E-state index contributed by atoms with van der Waals surface area (Å²) in [6, 6.07) is 5.47. The molecule has 2 aromatic heterocycles. The molecular weight excluding hydrogens is 194 g/mol. The first-order valence-electron chi connectivity index (χ1n) is 4.50. The second-order valence-corrected chi connectivity index (χ2v) is 3.31. The van der Waals surface area contributed by atoms with Crippen LogP contribution in [0.15, 0.2) is 30.6 Å². The van der Waals surface area contributed by atoms with Gasteiger partial charge < -0.3 is 4.84 Å². The van der Waals surface area contributed by atoms with Crippen LogP contribution in [0.4, 0.5) is 0 Å². The fraction of sp³-hybridized carbons (Fsp3) is 0.200. The molecule has 2 rings (SSSR count). The third-order valence-electron chi connectivity index (χ3n) is 1.88. The second-order valence-electron chi connectivity index (χ2n) is 3.31. The van der Waals surface area contributed by atoms with Crippen molar-refractivity contribution >= 4 is 11.5 Å². The van der Waals surface area contributed by atoms with E-state index in [0.717, 1.165) is 5.52 Å². The molecule has 0 bridgehead atoms. The first kappa shape index (κ1) is 9.67. The van der Waals surface area contributed by atoms with Gasteiger partial charge in [0.25, 0.3) is 0 Å². The molecule has 15 heavy (non-hydrogen) atoms. The molecule has 0 amide bonds. The molecular formula is C10H11N3O2. The summed E-state index contributed by atoms with van der Waals surface area (Å²) in [5.74, 6) is -0.406.